The van der Waals surface area contributed by atoms with E-state index in [0.29, 0.717) is 34.9 Å². The quantitative estimate of drug-likeness (QED) is 0.851. The maximum absolute atomic E-state index is 10.6. The third-order valence-electron chi connectivity index (χ3n) is 5.27. The molecule has 26 heavy (non-hydrogen) atoms. The van der Waals surface area contributed by atoms with E-state index in [1.807, 2.05) is 19.1 Å². The predicted molar refractivity (Wildman–Crippen MR) is 101 cm³/mol. The summed E-state index contributed by atoms with van der Waals surface area (Å²) in [7, 11) is 0. The highest BCUT2D eigenvalue weighted by molar-refractivity contribution is 6.07. The van der Waals surface area contributed by atoms with E-state index in [1.165, 1.54) is 19.3 Å². The summed E-state index contributed by atoms with van der Waals surface area (Å²) < 4.78 is 5.90. The fourth-order valence-corrected chi connectivity index (χ4v) is 3.94. The maximum atomic E-state index is 10.6. The number of rotatable bonds is 2. The van der Waals surface area contributed by atoms with Gasteiger partial charge in [0, 0.05) is 5.56 Å². The molecule has 2 aliphatic rings. The van der Waals surface area contributed by atoms with Gasteiger partial charge in [-0.1, -0.05) is 31.4 Å². The van der Waals surface area contributed by atoms with E-state index in [9.17, 15) is 5.11 Å². The van der Waals surface area contributed by atoms with Crippen LogP contribution >= 0.6 is 0 Å². The molecular formula is C20H24N4O2. The Morgan fingerprint density at radius 3 is 2.65 bits per heavy atom. The number of phenols is 1. The van der Waals surface area contributed by atoms with Crippen LogP contribution in [-0.4, -0.2) is 26.9 Å². The van der Waals surface area contributed by atoms with Crippen molar-refractivity contribution < 1.29 is 9.84 Å². The van der Waals surface area contributed by atoms with E-state index < -0.39 is 0 Å². The number of ether oxygens (including phenoxy) is 1. The molecule has 1 aliphatic carbocycles. The third-order valence-corrected chi connectivity index (χ3v) is 5.27. The van der Waals surface area contributed by atoms with Gasteiger partial charge in [-0.15, -0.1) is 0 Å². The number of aliphatic imine (C=N–C) groups is 1. The van der Waals surface area contributed by atoms with Gasteiger partial charge < -0.3 is 15.6 Å². The largest absolute Gasteiger partial charge is 0.508 e. The van der Waals surface area contributed by atoms with Gasteiger partial charge in [-0.3, -0.25) is 0 Å². The number of fused-ring (bicyclic) bond motifs is 1. The molecule has 0 amide bonds. The molecule has 1 saturated carbocycles. The molecule has 1 aromatic heterocycles. The number of nitrogens with zero attached hydrogens (tertiary/aromatic N) is 3. The summed E-state index contributed by atoms with van der Waals surface area (Å²) in [6, 6.07) is 5.83. The normalized spacial score (nSPS) is 20.2. The van der Waals surface area contributed by atoms with Gasteiger partial charge in [-0.25, -0.2) is 9.98 Å². The molecule has 0 radical (unpaired) electrons. The molecule has 1 aromatic carbocycles. The highest BCUT2D eigenvalue weighted by Gasteiger charge is 2.27. The number of benzene rings is 1. The first-order valence-electron chi connectivity index (χ1n) is 9.25. The van der Waals surface area contributed by atoms with Crippen LogP contribution in [0.4, 0.5) is 11.5 Å². The van der Waals surface area contributed by atoms with Crippen LogP contribution < -0.4 is 10.5 Å². The first kappa shape index (κ1) is 16.8. The summed E-state index contributed by atoms with van der Waals surface area (Å²) in [5.74, 6) is 2.06. The lowest BCUT2D eigenvalue weighted by atomic mass is 9.83. The summed E-state index contributed by atoms with van der Waals surface area (Å²) in [4.78, 5) is 13.1. The average molecular weight is 352 g/mol. The molecule has 136 valence electrons. The summed E-state index contributed by atoms with van der Waals surface area (Å²) in [6.07, 6.45) is 5.78. The lowest BCUT2D eigenvalue weighted by Crippen LogP contribution is -2.28. The number of nitrogens with two attached hydrogens (primary N) is 1. The van der Waals surface area contributed by atoms with E-state index in [-0.39, 0.29) is 6.10 Å². The SMILES string of the molecule is Cc1nc(N)c2c(n1)OC(C)C(c1ccc(C3CCCCC3)c(O)c1)=N2. The maximum Gasteiger partial charge on any atom is 0.246 e. The Morgan fingerprint density at radius 1 is 1.15 bits per heavy atom. The Hall–Kier alpha value is -2.63. The molecular weight excluding hydrogens is 328 g/mol. The number of hydrogen-bond acceptors (Lipinski definition) is 6. The third kappa shape index (κ3) is 3.00. The predicted octanol–water partition coefficient (Wildman–Crippen LogP) is 4.02. The second kappa shape index (κ2) is 6.59. The summed E-state index contributed by atoms with van der Waals surface area (Å²) >= 11 is 0. The molecule has 6 nitrogen and oxygen atoms in total. The molecule has 2 heterocycles. The van der Waals surface area contributed by atoms with E-state index in [4.69, 9.17) is 10.5 Å². The second-order valence-corrected chi connectivity index (χ2v) is 7.18. The van der Waals surface area contributed by atoms with Gasteiger partial charge in [-0.05, 0) is 44.2 Å². The van der Waals surface area contributed by atoms with Gasteiger partial charge >= 0.3 is 0 Å². The molecule has 0 spiro atoms. The summed E-state index contributed by atoms with van der Waals surface area (Å²) in [5, 5.41) is 10.6. The van der Waals surface area contributed by atoms with E-state index in [1.54, 1.807) is 13.0 Å². The van der Waals surface area contributed by atoms with Gasteiger partial charge in [0.25, 0.3) is 0 Å². The lowest BCUT2D eigenvalue weighted by Gasteiger charge is -2.25. The Morgan fingerprint density at radius 2 is 1.92 bits per heavy atom. The highest BCUT2D eigenvalue weighted by atomic mass is 16.5. The number of phenolic OH excluding ortho intramolecular Hbond substituents is 1. The number of hydrogen-bond donors (Lipinski definition) is 2. The highest BCUT2D eigenvalue weighted by Crippen LogP contribution is 2.39. The van der Waals surface area contributed by atoms with E-state index >= 15 is 0 Å². The zero-order valence-electron chi connectivity index (χ0n) is 15.2. The van der Waals surface area contributed by atoms with Crippen molar-refractivity contribution in [3.63, 3.8) is 0 Å². The van der Waals surface area contributed by atoms with Crippen molar-refractivity contribution in [1.82, 2.24) is 9.97 Å². The van der Waals surface area contributed by atoms with Crippen molar-refractivity contribution >= 4 is 17.2 Å². The molecule has 0 saturated heterocycles. The van der Waals surface area contributed by atoms with Crippen LogP contribution in [0.2, 0.25) is 0 Å². The number of aromatic hydroxyl groups is 1. The van der Waals surface area contributed by atoms with E-state index in [2.05, 4.69) is 15.0 Å². The zero-order valence-corrected chi connectivity index (χ0v) is 15.2. The molecule has 1 unspecified atom stereocenters. The average Bonchev–Trinajstić information content (AvgIpc) is 2.61. The van der Waals surface area contributed by atoms with E-state index in [0.717, 1.165) is 29.7 Å². The number of anilines is 1. The standard InChI is InChI=1S/C20H24N4O2/c1-11-17(24-18-19(21)22-12(2)23-20(18)26-11)14-8-9-15(16(25)10-14)13-6-4-3-5-7-13/h8-11,13,25H,3-7H2,1-2H3,(H2,21,22,23). The van der Waals surface area contributed by atoms with Crippen LogP contribution in [0.1, 0.15) is 61.9 Å². The summed E-state index contributed by atoms with van der Waals surface area (Å²) in [6.45, 7) is 3.69. The van der Waals surface area contributed by atoms with Crippen LogP contribution in [0.25, 0.3) is 0 Å². The van der Waals surface area contributed by atoms with Crippen LogP contribution in [-0.2, 0) is 0 Å². The van der Waals surface area contributed by atoms with Crippen molar-refractivity contribution in [1.29, 1.82) is 0 Å². The van der Waals surface area contributed by atoms with Gasteiger partial charge in [0.1, 0.15) is 17.7 Å². The van der Waals surface area contributed by atoms with Crippen LogP contribution in [0.5, 0.6) is 11.6 Å². The van der Waals surface area contributed by atoms with Crippen LogP contribution in [0, 0.1) is 6.92 Å². The smallest absolute Gasteiger partial charge is 0.246 e. The molecule has 0 bridgehead atoms. The Bertz CT molecular complexity index is 872. The minimum Gasteiger partial charge on any atom is -0.508 e. The van der Waals surface area contributed by atoms with Crippen molar-refractivity contribution in [2.24, 2.45) is 4.99 Å². The van der Waals surface area contributed by atoms with Crippen molar-refractivity contribution in [2.45, 2.75) is 58.0 Å². The minimum atomic E-state index is -0.281. The first-order chi connectivity index (χ1) is 12.5. The topological polar surface area (TPSA) is 93.6 Å². The molecule has 1 fully saturated rings. The molecule has 3 N–H and O–H groups in total. The molecule has 1 atom stereocenters. The number of nitrogen functional groups attached to an aromatic ring is 1. The monoisotopic (exact) mass is 352 g/mol. The number of aromatic nitrogens is 2. The fraction of sp³-hybridized carbons (Fsp3) is 0.450. The molecule has 6 heteroatoms. The Kier molecular flexibility index (Phi) is 4.26. The summed E-state index contributed by atoms with van der Waals surface area (Å²) in [5.41, 5.74) is 9.05. The Labute approximate surface area is 153 Å². The van der Waals surface area contributed by atoms with Gasteiger partial charge in [0.05, 0.1) is 5.71 Å². The van der Waals surface area contributed by atoms with Gasteiger partial charge in [0.2, 0.25) is 5.88 Å². The molecule has 2 aromatic rings. The zero-order chi connectivity index (χ0) is 18.3. The Balaban J connectivity index is 1.70. The van der Waals surface area contributed by atoms with Crippen molar-refractivity contribution in [3.8, 4) is 11.6 Å². The first-order valence-corrected chi connectivity index (χ1v) is 9.25. The second-order valence-electron chi connectivity index (χ2n) is 7.18. The number of aryl methyl sites for hydroxylation is 1. The van der Waals surface area contributed by atoms with Crippen LogP contribution in [0.15, 0.2) is 23.2 Å². The van der Waals surface area contributed by atoms with Gasteiger partial charge in [-0.2, -0.15) is 4.98 Å². The molecule has 4 rings (SSSR count). The fourth-order valence-electron chi connectivity index (χ4n) is 3.94. The van der Waals surface area contributed by atoms with Crippen molar-refractivity contribution in [3.05, 3.63) is 35.2 Å². The van der Waals surface area contributed by atoms with Gasteiger partial charge in [0.15, 0.2) is 11.5 Å². The lowest BCUT2D eigenvalue weighted by molar-refractivity contribution is 0.271. The van der Waals surface area contributed by atoms with Crippen LogP contribution in [0.3, 0.4) is 0 Å². The van der Waals surface area contributed by atoms with Crippen molar-refractivity contribution in [2.75, 3.05) is 5.73 Å². The minimum absolute atomic E-state index is 0.281. The molecule has 1 aliphatic heterocycles.